The molecule has 6 aliphatic rings. The number of alkyl halides is 1. The normalized spacial score (nSPS) is 35.5. The third-order valence-electron chi connectivity index (χ3n) is 14.4. The van der Waals surface area contributed by atoms with E-state index in [0.717, 1.165) is 99.3 Å². The molecule has 6 aliphatic carbocycles. The van der Waals surface area contributed by atoms with Gasteiger partial charge >= 0.3 is 11.9 Å². The van der Waals surface area contributed by atoms with Gasteiger partial charge in [0.15, 0.2) is 0 Å². The molecule has 8 heteroatoms. The van der Waals surface area contributed by atoms with Crippen LogP contribution in [0.15, 0.2) is 35.1 Å². The summed E-state index contributed by atoms with van der Waals surface area (Å²) in [5.41, 5.74) is 16.8. The fourth-order valence-corrected chi connectivity index (χ4v) is 11.2. The van der Waals surface area contributed by atoms with Crippen LogP contribution in [-0.2, 0) is 26.2 Å². The second kappa shape index (κ2) is 14.7. The van der Waals surface area contributed by atoms with Gasteiger partial charge in [0.25, 0.3) is 0 Å². The highest BCUT2D eigenvalue weighted by atomic mass is 19.1. The number of esters is 2. The van der Waals surface area contributed by atoms with Gasteiger partial charge in [-0.25, -0.2) is 8.78 Å². The number of rotatable bonds is 11. The first-order valence-corrected chi connectivity index (χ1v) is 20.3. The molecule has 4 N–H and O–H groups in total. The van der Waals surface area contributed by atoms with E-state index in [4.69, 9.17) is 20.9 Å². The van der Waals surface area contributed by atoms with Crippen molar-refractivity contribution in [2.45, 2.75) is 172 Å². The lowest BCUT2D eigenvalue weighted by Gasteiger charge is -2.50. The first-order chi connectivity index (χ1) is 24.4. The van der Waals surface area contributed by atoms with E-state index in [9.17, 15) is 9.59 Å². The topological polar surface area (TPSA) is 105 Å². The number of halogens is 2. The maximum atomic E-state index is 15.6. The van der Waals surface area contributed by atoms with Gasteiger partial charge < -0.3 is 20.9 Å². The molecule has 0 radical (unpaired) electrons. The SMILES string of the molecule is C[C@@]12CCCC[C@H]3CC3(CC3=C1C=C(OC(=O)CCCCCCCCC(=O)Oc1cc(F)c4c(c1)[C@@]1(C)CCCCC[C@@H](C4)[C@@H]1N)CC3F)[C@@H]2N. The highest BCUT2D eigenvalue weighted by Crippen LogP contribution is 2.70. The van der Waals surface area contributed by atoms with Crippen molar-refractivity contribution < 1.29 is 27.8 Å². The molecule has 2 unspecified atom stereocenters. The molecule has 1 aromatic carbocycles. The molecule has 280 valence electrons. The number of benzene rings is 1. The van der Waals surface area contributed by atoms with E-state index >= 15 is 8.78 Å². The molecular weight excluding hydrogens is 646 g/mol. The van der Waals surface area contributed by atoms with E-state index in [1.54, 1.807) is 0 Å². The Balaban J connectivity index is 0.822. The van der Waals surface area contributed by atoms with E-state index in [1.807, 2.05) is 12.1 Å². The first kappa shape index (κ1) is 36.8. The lowest BCUT2D eigenvalue weighted by atomic mass is 9.57. The summed E-state index contributed by atoms with van der Waals surface area (Å²) >= 11 is 0. The molecule has 3 fully saturated rings. The maximum Gasteiger partial charge on any atom is 0.311 e. The molecular formula is C43H60F2N2O4. The van der Waals surface area contributed by atoms with Gasteiger partial charge in [0.2, 0.25) is 0 Å². The highest BCUT2D eigenvalue weighted by molar-refractivity contribution is 5.72. The minimum atomic E-state index is -1.11. The lowest BCUT2D eigenvalue weighted by molar-refractivity contribution is -0.140. The Labute approximate surface area is 303 Å². The zero-order valence-corrected chi connectivity index (χ0v) is 31.0. The number of ether oxygens (including phenoxy) is 2. The van der Waals surface area contributed by atoms with E-state index in [1.165, 1.54) is 25.3 Å². The van der Waals surface area contributed by atoms with E-state index < -0.39 is 6.17 Å². The molecule has 4 bridgehead atoms. The van der Waals surface area contributed by atoms with Crippen LogP contribution in [0.5, 0.6) is 5.75 Å². The number of carbonyl (C=O) groups is 2. The van der Waals surface area contributed by atoms with E-state index in [-0.39, 0.29) is 70.6 Å². The zero-order valence-electron chi connectivity index (χ0n) is 31.0. The van der Waals surface area contributed by atoms with Crippen LogP contribution in [0.4, 0.5) is 8.78 Å². The van der Waals surface area contributed by atoms with Gasteiger partial charge in [-0.3, -0.25) is 9.59 Å². The second-order valence-electron chi connectivity index (χ2n) is 17.7. The van der Waals surface area contributed by atoms with Crippen LogP contribution < -0.4 is 16.2 Å². The number of hydrogen-bond acceptors (Lipinski definition) is 6. The van der Waals surface area contributed by atoms with Crippen molar-refractivity contribution in [2.75, 3.05) is 0 Å². The van der Waals surface area contributed by atoms with Crippen molar-refractivity contribution in [2.24, 2.45) is 34.1 Å². The third-order valence-corrected chi connectivity index (χ3v) is 14.4. The van der Waals surface area contributed by atoms with Gasteiger partial charge in [0.05, 0.1) is 0 Å². The van der Waals surface area contributed by atoms with Gasteiger partial charge in [-0.2, -0.15) is 0 Å². The Morgan fingerprint density at radius 1 is 0.843 bits per heavy atom. The number of carbonyl (C=O) groups excluding carboxylic acids is 2. The van der Waals surface area contributed by atoms with Crippen molar-refractivity contribution in [3.05, 3.63) is 52.1 Å². The predicted octanol–water partition coefficient (Wildman–Crippen LogP) is 9.36. The van der Waals surface area contributed by atoms with E-state index in [0.29, 0.717) is 37.4 Å². The largest absolute Gasteiger partial charge is 0.431 e. The molecule has 0 saturated heterocycles. The van der Waals surface area contributed by atoms with Gasteiger partial charge in [-0.05, 0) is 109 Å². The quantitative estimate of drug-likeness (QED) is 0.135. The second-order valence-corrected chi connectivity index (χ2v) is 17.7. The minimum Gasteiger partial charge on any atom is -0.431 e. The van der Waals surface area contributed by atoms with Crippen molar-refractivity contribution in [1.82, 2.24) is 0 Å². The molecule has 0 amide bonds. The summed E-state index contributed by atoms with van der Waals surface area (Å²) in [4.78, 5) is 25.5. The molecule has 3 saturated carbocycles. The number of fused-ring (bicyclic) bond motifs is 6. The number of unbranched alkanes of at least 4 members (excludes halogenated alkanes) is 5. The summed E-state index contributed by atoms with van der Waals surface area (Å²) in [5.74, 6) is 0.708. The Morgan fingerprint density at radius 2 is 1.51 bits per heavy atom. The van der Waals surface area contributed by atoms with Crippen LogP contribution >= 0.6 is 0 Å². The molecule has 51 heavy (non-hydrogen) atoms. The first-order valence-electron chi connectivity index (χ1n) is 20.3. The van der Waals surface area contributed by atoms with Crippen molar-refractivity contribution in [3.63, 3.8) is 0 Å². The van der Waals surface area contributed by atoms with Crippen LogP contribution in [0, 0.1) is 28.5 Å². The van der Waals surface area contributed by atoms with Gasteiger partial charge in [-0.15, -0.1) is 0 Å². The number of allylic oxidation sites excluding steroid dienone is 3. The third kappa shape index (κ3) is 7.10. The molecule has 1 spiro atoms. The Morgan fingerprint density at radius 3 is 2.27 bits per heavy atom. The average Bonchev–Trinajstić information content (AvgIpc) is 3.78. The van der Waals surface area contributed by atoms with Crippen LogP contribution in [0.2, 0.25) is 0 Å². The number of hydrogen-bond donors (Lipinski definition) is 2. The van der Waals surface area contributed by atoms with Crippen molar-refractivity contribution in [1.29, 1.82) is 0 Å². The van der Waals surface area contributed by atoms with Crippen LogP contribution in [0.1, 0.15) is 153 Å². The summed E-state index contributed by atoms with van der Waals surface area (Å²) in [7, 11) is 0. The fraction of sp³-hybridized carbons (Fsp3) is 0.721. The average molecular weight is 707 g/mol. The Bertz CT molecular complexity index is 1570. The molecule has 0 aromatic heterocycles. The van der Waals surface area contributed by atoms with Crippen LogP contribution in [-0.4, -0.2) is 30.2 Å². The zero-order chi connectivity index (χ0) is 36.0. The summed E-state index contributed by atoms with van der Waals surface area (Å²) in [6.07, 6.45) is 19.0. The molecule has 1 aromatic rings. The fourth-order valence-electron chi connectivity index (χ4n) is 11.2. The molecule has 8 atom stereocenters. The molecule has 6 nitrogen and oxygen atoms in total. The van der Waals surface area contributed by atoms with E-state index in [2.05, 4.69) is 13.8 Å². The smallest absolute Gasteiger partial charge is 0.311 e. The summed E-state index contributed by atoms with van der Waals surface area (Å²) in [6.45, 7) is 4.37. The Hall–Kier alpha value is -2.58. The van der Waals surface area contributed by atoms with Gasteiger partial charge in [0.1, 0.15) is 23.5 Å². The lowest BCUT2D eigenvalue weighted by Crippen LogP contribution is -2.53. The van der Waals surface area contributed by atoms with Crippen molar-refractivity contribution >= 4 is 11.9 Å². The molecule has 7 rings (SSSR count). The summed E-state index contributed by atoms with van der Waals surface area (Å²) < 4.78 is 42.4. The maximum absolute atomic E-state index is 15.6. The predicted molar refractivity (Wildman–Crippen MR) is 195 cm³/mol. The standard InChI is InChI=1S/C43H60F2N2O4/c1-41-18-12-7-8-14-27(39(41)46)20-31-33(41)21-29(23-35(31)44)50-37(48)16-9-5-3-4-6-10-17-38(49)51-30-22-34-32(36(45)24-30)26-43-25-28(43)15-11-13-19-42(34,2)40(43)47/h21-23,27-28,36,39-40H,3-20,24-26,46-47H2,1-2H3/t27-,28-,36?,39-,40+,41+,42+,43?/m0/s1. The molecule has 0 heterocycles. The summed E-state index contributed by atoms with van der Waals surface area (Å²) in [6, 6.07) is 3.24. The number of nitrogens with two attached hydrogens (primary N) is 2. The van der Waals surface area contributed by atoms with Crippen LogP contribution in [0.3, 0.4) is 0 Å². The van der Waals surface area contributed by atoms with Gasteiger partial charge in [0, 0.05) is 48.2 Å². The molecule has 0 aliphatic heterocycles. The highest BCUT2D eigenvalue weighted by Gasteiger charge is 2.65. The monoisotopic (exact) mass is 706 g/mol. The van der Waals surface area contributed by atoms with Crippen LogP contribution in [0.25, 0.3) is 0 Å². The Kier molecular flexibility index (Phi) is 10.6. The van der Waals surface area contributed by atoms with Gasteiger partial charge in [-0.1, -0.05) is 71.6 Å². The minimum absolute atomic E-state index is 0.0228. The van der Waals surface area contributed by atoms with Crippen molar-refractivity contribution in [3.8, 4) is 5.75 Å². The summed E-state index contributed by atoms with van der Waals surface area (Å²) in [5, 5.41) is 0.